The maximum absolute atomic E-state index is 13.6. The van der Waals surface area contributed by atoms with E-state index in [-0.39, 0.29) is 12.2 Å². The Bertz CT molecular complexity index is 1010. The molecule has 0 aliphatic heterocycles. The van der Waals surface area contributed by atoms with Crippen molar-refractivity contribution in [3.8, 4) is 0 Å². The third kappa shape index (κ3) is 53.9. The molecule has 1 unspecified atom stereocenters. The second-order valence-electron chi connectivity index (χ2n) is 19.2. The Morgan fingerprint density at radius 1 is 0.368 bits per heavy atom. The third-order valence-electron chi connectivity index (χ3n) is 12.6. The highest BCUT2D eigenvalue weighted by molar-refractivity contribution is 5.67. The van der Waals surface area contributed by atoms with Crippen molar-refractivity contribution in [3.63, 3.8) is 0 Å². The second-order valence-corrected chi connectivity index (χ2v) is 19.2. The number of hydrogen-bond acceptors (Lipinski definition) is 8. The second kappa shape index (κ2) is 59.8. The van der Waals surface area contributed by atoms with Crippen LogP contribution in [0.2, 0.25) is 0 Å². The summed E-state index contributed by atoms with van der Waals surface area (Å²) in [5.41, 5.74) is 0. The van der Waals surface area contributed by atoms with Crippen LogP contribution in [0.3, 0.4) is 0 Å². The molecule has 9 heteroatoms. The average Bonchev–Trinajstić information content (AvgIpc) is 3.34. The maximum atomic E-state index is 13.6. The van der Waals surface area contributed by atoms with Crippen molar-refractivity contribution in [2.75, 3.05) is 92.4 Å². The average molecular weight is 967 g/mol. The van der Waals surface area contributed by atoms with Gasteiger partial charge in [0.15, 0.2) is 0 Å². The number of carbonyl (C=O) groups is 1. The van der Waals surface area contributed by atoms with Crippen LogP contribution in [0.4, 0.5) is 4.79 Å². The van der Waals surface area contributed by atoms with Gasteiger partial charge in [0.1, 0.15) is 0 Å². The lowest BCUT2D eigenvalue weighted by Crippen LogP contribution is -2.42. The minimum atomic E-state index is -0.292. The van der Waals surface area contributed by atoms with Crippen molar-refractivity contribution in [1.29, 1.82) is 0 Å². The zero-order chi connectivity index (χ0) is 49.2. The van der Waals surface area contributed by atoms with Crippen LogP contribution in [0.15, 0.2) is 24.3 Å². The molecule has 0 rings (SSSR count). The molecule has 0 saturated heterocycles. The molecule has 0 aromatic rings. The number of nitrogens with zero attached hydrogens (tertiary/aromatic N) is 1. The van der Waals surface area contributed by atoms with E-state index >= 15 is 0 Å². The summed E-state index contributed by atoms with van der Waals surface area (Å²) in [7, 11) is 0. The SMILES string of the molecule is CCCCCCCC/C=C\CCCCCCCCOCC(CN(CCOCCOCCOCCOCC)C(=O)OCCCCCCCCC)OCCCCCCCC/C=C\CCCCCCCC. The largest absolute Gasteiger partial charge is 0.449 e. The molecular weight excluding hydrogens is 851 g/mol. The standard InChI is InChI=1S/C59H115NO8/c1-5-9-12-15-18-20-22-24-26-28-30-32-34-37-39-42-46-66-57-58(67-47-43-40-38-35-33-31-29-27-25-23-21-19-16-13-10-6-2)56-60(59(61)68-48-44-41-36-17-14-11-7-3)45-49-63-52-53-65-55-54-64-51-50-62-8-4/h24-27,58H,5-23,28-57H2,1-4H3/b26-24-,27-25-. The minimum absolute atomic E-state index is 0.218. The first-order valence-corrected chi connectivity index (χ1v) is 29.4. The van der Waals surface area contributed by atoms with E-state index in [1.165, 1.54) is 193 Å². The van der Waals surface area contributed by atoms with Gasteiger partial charge in [0.05, 0.1) is 72.1 Å². The van der Waals surface area contributed by atoms with Gasteiger partial charge >= 0.3 is 6.09 Å². The monoisotopic (exact) mass is 966 g/mol. The predicted molar refractivity (Wildman–Crippen MR) is 289 cm³/mol. The Morgan fingerprint density at radius 3 is 1.15 bits per heavy atom. The van der Waals surface area contributed by atoms with Crippen molar-refractivity contribution in [2.45, 2.75) is 259 Å². The van der Waals surface area contributed by atoms with Gasteiger partial charge in [-0.25, -0.2) is 4.79 Å². The van der Waals surface area contributed by atoms with Crippen LogP contribution in [0, 0.1) is 0 Å². The van der Waals surface area contributed by atoms with Crippen LogP contribution < -0.4 is 0 Å². The summed E-state index contributed by atoms with van der Waals surface area (Å²) in [4.78, 5) is 15.3. The molecule has 0 fully saturated rings. The van der Waals surface area contributed by atoms with Crippen LogP contribution in [-0.2, 0) is 33.2 Å². The molecule has 1 amide bonds. The van der Waals surface area contributed by atoms with Crippen LogP contribution in [-0.4, -0.2) is 109 Å². The first-order valence-electron chi connectivity index (χ1n) is 29.4. The predicted octanol–water partition coefficient (Wildman–Crippen LogP) is 16.7. The van der Waals surface area contributed by atoms with Gasteiger partial charge in [0, 0.05) is 26.4 Å². The van der Waals surface area contributed by atoms with E-state index in [1.54, 1.807) is 4.90 Å². The van der Waals surface area contributed by atoms with Crippen molar-refractivity contribution in [1.82, 2.24) is 4.90 Å². The lowest BCUT2D eigenvalue weighted by Gasteiger charge is -2.27. The molecule has 0 spiro atoms. The summed E-state index contributed by atoms with van der Waals surface area (Å²) in [6.07, 6.45) is 53.4. The topological polar surface area (TPSA) is 84.9 Å². The Balaban J connectivity index is 4.90. The highest BCUT2D eigenvalue weighted by atomic mass is 16.6. The van der Waals surface area contributed by atoms with Gasteiger partial charge in [0.25, 0.3) is 0 Å². The molecule has 0 saturated carbocycles. The number of unbranched alkanes of at least 4 members (excludes halogenated alkanes) is 30. The molecular formula is C59H115NO8. The summed E-state index contributed by atoms with van der Waals surface area (Å²) in [6, 6.07) is 0. The van der Waals surface area contributed by atoms with Gasteiger partial charge in [0.2, 0.25) is 0 Å². The third-order valence-corrected chi connectivity index (χ3v) is 12.6. The van der Waals surface area contributed by atoms with Crippen molar-refractivity contribution in [3.05, 3.63) is 24.3 Å². The molecule has 0 aliphatic carbocycles. The zero-order valence-electron chi connectivity index (χ0n) is 45.7. The smallest absolute Gasteiger partial charge is 0.409 e. The number of ether oxygens (including phenoxy) is 7. The molecule has 1 atom stereocenters. The molecule has 0 heterocycles. The van der Waals surface area contributed by atoms with Gasteiger partial charge in [-0.15, -0.1) is 0 Å². The summed E-state index contributed by atoms with van der Waals surface area (Å²) in [5, 5.41) is 0. The first-order chi connectivity index (χ1) is 33.7. The van der Waals surface area contributed by atoms with Gasteiger partial charge in [-0.2, -0.15) is 0 Å². The molecule has 68 heavy (non-hydrogen) atoms. The Hall–Kier alpha value is -1.49. The van der Waals surface area contributed by atoms with E-state index in [0.717, 1.165) is 38.7 Å². The van der Waals surface area contributed by atoms with Gasteiger partial charge in [-0.3, -0.25) is 0 Å². The Kier molecular flexibility index (Phi) is 58.5. The normalized spacial score (nSPS) is 12.3. The van der Waals surface area contributed by atoms with Crippen LogP contribution in [0.25, 0.3) is 0 Å². The van der Waals surface area contributed by atoms with Crippen molar-refractivity contribution < 1.29 is 38.0 Å². The molecule has 0 radical (unpaired) electrons. The Morgan fingerprint density at radius 2 is 0.721 bits per heavy atom. The van der Waals surface area contributed by atoms with Gasteiger partial charge < -0.3 is 38.1 Å². The zero-order valence-corrected chi connectivity index (χ0v) is 45.7. The molecule has 404 valence electrons. The van der Waals surface area contributed by atoms with Crippen LogP contribution >= 0.6 is 0 Å². The fourth-order valence-corrected chi connectivity index (χ4v) is 8.21. The van der Waals surface area contributed by atoms with E-state index in [4.69, 9.17) is 33.2 Å². The van der Waals surface area contributed by atoms with E-state index in [9.17, 15) is 4.79 Å². The first kappa shape index (κ1) is 66.5. The molecule has 0 aromatic carbocycles. The fraction of sp³-hybridized carbons (Fsp3) is 0.915. The van der Waals surface area contributed by atoms with Gasteiger partial charge in [-0.05, 0) is 77.6 Å². The number of hydrogen-bond donors (Lipinski definition) is 0. The highest BCUT2D eigenvalue weighted by Crippen LogP contribution is 2.14. The molecule has 9 nitrogen and oxygen atoms in total. The highest BCUT2D eigenvalue weighted by Gasteiger charge is 2.21. The lowest BCUT2D eigenvalue weighted by molar-refractivity contribution is -0.0381. The Labute approximate surface area is 422 Å². The van der Waals surface area contributed by atoms with E-state index < -0.39 is 0 Å². The van der Waals surface area contributed by atoms with E-state index in [1.807, 2.05) is 6.92 Å². The maximum Gasteiger partial charge on any atom is 0.409 e. The van der Waals surface area contributed by atoms with E-state index in [2.05, 4.69) is 45.1 Å². The summed E-state index contributed by atoms with van der Waals surface area (Å²) in [6.45, 7) is 16.2. The number of carbonyl (C=O) groups excluding carboxylic acids is 1. The minimum Gasteiger partial charge on any atom is -0.449 e. The number of amides is 1. The summed E-state index contributed by atoms with van der Waals surface area (Å²) < 4.78 is 41.1. The molecule has 0 N–H and O–H groups in total. The molecule has 0 aliphatic rings. The quantitative estimate of drug-likeness (QED) is 0.0440. The summed E-state index contributed by atoms with van der Waals surface area (Å²) >= 11 is 0. The van der Waals surface area contributed by atoms with Crippen molar-refractivity contribution >= 4 is 6.09 Å². The summed E-state index contributed by atoms with van der Waals surface area (Å²) in [5.74, 6) is 0. The number of rotatable bonds is 58. The number of allylic oxidation sites excluding steroid dienone is 4. The van der Waals surface area contributed by atoms with Crippen LogP contribution in [0.1, 0.15) is 252 Å². The van der Waals surface area contributed by atoms with E-state index in [0.29, 0.717) is 85.8 Å². The fourth-order valence-electron chi connectivity index (χ4n) is 8.21. The molecule has 0 bridgehead atoms. The lowest BCUT2D eigenvalue weighted by atomic mass is 10.1. The van der Waals surface area contributed by atoms with Crippen LogP contribution in [0.5, 0.6) is 0 Å². The molecule has 0 aromatic heterocycles. The van der Waals surface area contributed by atoms with Crippen molar-refractivity contribution in [2.24, 2.45) is 0 Å². The van der Waals surface area contributed by atoms with Gasteiger partial charge in [-0.1, -0.05) is 199 Å².